The zero-order chi connectivity index (χ0) is 24.8. The summed E-state index contributed by atoms with van der Waals surface area (Å²) in [6, 6.07) is 0. The molecule has 0 spiro atoms. The van der Waals surface area contributed by atoms with Gasteiger partial charge in [0, 0.05) is 22.6 Å². The first-order valence-electron chi connectivity index (χ1n) is 16.2. The maximum Gasteiger partial charge on any atom is 0.209 e. The molecule has 6 heteroatoms. The van der Waals surface area contributed by atoms with Crippen LogP contribution in [0.1, 0.15) is 154 Å². The summed E-state index contributed by atoms with van der Waals surface area (Å²) in [4.78, 5) is 0. The van der Waals surface area contributed by atoms with E-state index in [-0.39, 0.29) is 34.8 Å². The summed E-state index contributed by atoms with van der Waals surface area (Å²) < 4.78 is 43.9. The molecule has 5 saturated carbocycles. The molecule has 5 rings (SSSR count). The molecular formula is C30H54O4P2. The van der Waals surface area contributed by atoms with Gasteiger partial charge < -0.3 is 9.05 Å². The van der Waals surface area contributed by atoms with Crippen molar-refractivity contribution in [3.05, 3.63) is 0 Å². The van der Waals surface area contributed by atoms with Crippen LogP contribution in [-0.4, -0.2) is 34.8 Å². The summed E-state index contributed by atoms with van der Waals surface area (Å²) >= 11 is 0. The lowest BCUT2D eigenvalue weighted by atomic mass is 9.95. The third-order valence-corrected chi connectivity index (χ3v) is 17.9. The van der Waals surface area contributed by atoms with Gasteiger partial charge in [0.1, 0.15) is 0 Å². The Kier molecular flexibility index (Phi) is 10.2. The second kappa shape index (κ2) is 13.2. The maximum absolute atomic E-state index is 15.0. The Labute approximate surface area is 221 Å². The molecule has 5 aliphatic carbocycles. The van der Waals surface area contributed by atoms with Gasteiger partial charge in [-0.1, -0.05) is 89.9 Å². The predicted octanol–water partition coefficient (Wildman–Crippen LogP) is 10.2. The normalized spacial score (nSPS) is 31.4. The molecule has 0 unspecified atom stereocenters. The summed E-state index contributed by atoms with van der Waals surface area (Å²) in [5, 5.41) is 0. The van der Waals surface area contributed by atoms with Gasteiger partial charge in [-0.2, -0.15) is 0 Å². The molecule has 5 aliphatic rings. The first-order valence-corrected chi connectivity index (χ1v) is 19.7. The lowest BCUT2D eigenvalue weighted by Gasteiger charge is -2.44. The molecule has 0 heterocycles. The number of hydrogen-bond donors (Lipinski definition) is 0. The largest absolute Gasteiger partial charge is 0.322 e. The van der Waals surface area contributed by atoms with Crippen molar-refractivity contribution in [2.24, 2.45) is 0 Å². The third-order valence-electron chi connectivity index (χ3n) is 10.6. The Morgan fingerprint density at radius 1 is 0.333 bits per heavy atom. The van der Waals surface area contributed by atoms with Gasteiger partial charge in [0.25, 0.3) is 0 Å². The Morgan fingerprint density at radius 2 is 0.556 bits per heavy atom. The second-order valence-corrected chi connectivity index (χ2v) is 19.0. The van der Waals surface area contributed by atoms with Gasteiger partial charge in [-0.05, 0) is 64.2 Å². The van der Waals surface area contributed by atoms with E-state index in [9.17, 15) is 9.13 Å². The van der Waals surface area contributed by atoms with Gasteiger partial charge in [0.15, 0.2) is 0 Å². The highest BCUT2D eigenvalue weighted by Crippen LogP contribution is 2.67. The molecule has 0 aromatic rings. The van der Waals surface area contributed by atoms with Crippen molar-refractivity contribution in [1.82, 2.24) is 0 Å². The smallest absolute Gasteiger partial charge is 0.209 e. The first kappa shape index (κ1) is 27.9. The third kappa shape index (κ3) is 6.40. The van der Waals surface area contributed by atoms with Gasteiger partial charge in [-0.3, -0.25) is 9.13 Å². The zero-order valence-electron chi connectivity index (χ0n) is 23.0. The van der Waals surface area contributed by atoms with Crippen LogP contribution in [0.4, 0.5) is 0 Å². The van der Waals surface area contributed by atoms with E-state index in [1.54, 1.807) is 0 Å². The van der Waals surface area contributed by atoms with Gasteiger partial charge in [0.2, 0.25) is 14.7 Å². The number of hydrogen-bond acceptors (Lipinski definition) is 4. The average Bonchev–Trinajstić information content (AvgIpc) is 2.96. The Morgan fingerprint density at radius 3 is 0.806 bits per heavy atom. The van der Waals surface area contributed by atoms with Gasteiger partial charge in [0.05, 0.1) is 12.2 Å². The van der Waals surface area contributed by atoms with Crippen LogP contribution in [0.5, 0.6) is 0 Å². The molecule has 36 heavy (non-hydrogen) atoms. The molecule has 5 fully saturated rings. The second-order valence-electron chi connectivity index (χ2n) is 13.0. The summed E-state index contributed by atoms with van der Waals surface area (Å²) in [6.45, 7) is 0. The van der Waals surface area contributed by atoms with Crippen LogP contribution in [0, 0.1) is 0 Å². The zero-order valence-corrected chi connectivity index (χ0v) is 24.8. The highest BCUT2D eigenvalue weighted by Gasteiger charge is 2.49. The van der Waals surface area contributed by atoms with Crippen molar-refractivity contribution in [2.75, 3.05) is 0 Å². The fourth-order valence-corrected chi connectivity index (χ4v) is 16.0. The molecule has 0 N–H and O–H groups in total. The highest BCUT2D eigenvalue weighted by atomic mass is 31.2. The molecule has 0 aliphatic heterocycles. The van der Waals surface area contributed by atoms with Crippen LogP contribution < -0.4 is 0 Å². The monoisotopic (exact) mass is 540 g/mol. The fraction of sp³-hybridized carbons (Fsp3) is 1.00. The Hall–Kier alpha value is 0.380. The van der Waals surface area contributed by atoms with Crippen LogP contribution >= 0.6 is 14.7 Å². The highest BCUT2D eigenvalue weighted by molar-refractivity contribution is 7.61. The molecule has 0 bridgehead atoms. The lowest BCUT2D eigenvalue weighted by Crippen LogP contribution is -2.38. The standard InChI is InChI=1S/C30H54O4P2/c31-35(25-15-5-1-6-16-25,26-17-7-2-8-18-26)33-29-23-13-14-24-30(29)34-36(32,27-19-9-3-10-20-27)28-21-11-4-12-22-28/h25-30H,1-24H2/t29-,30-/m0/s1. The fourth-order valence-electron chi connectivity index (χ4n) is 8.43. The van der Waals surface area contributed by atoms with Crippen molar-refractivity contribution >= 4 is 14.7 Å². The van der Waals surface area contributed by atoms with Crippen molar-refractivity contribution < 1.29 is 18.2 Å². The van der Waals surface area contributed by atoms with E-state index in [1.807, 2.05) is 0 Å². The minimum Gasteiger partial charge on any atom is -0.322 e. The minimum atomic E-state index is -2.78. The Balaban J connectivity index is 1.37. The van der Waals surface area contributed by atoms with Gasteiger partial charge in [-0.15, -0.1) is 0 Å². The van der Waals surface area contributed by atoms with Crippen molar-refractivity contribution in [3.63, 3.8) is 0 Å². The molecule has 4 nitrogen and oxygen atoms in total. The summed E-state index contributed by atoms with van der Waals surface area (Å²) in [7, 11) is -5.55. The lowest BCUT2D eigenvalue weighted by molar-refractivity contribution is 0.0205. The quantitative estimate of drug-likeness (QED) is 0.287. The van der Waals surface area contributed by atoms with E-state index in [2.05, 4.69) is 0 Å². The summed E-state index contributed by atoms with van der Waals surface area (Å²) in [5.74, 6) is 0. The molecule has 0 aromatic carbocycles. The molecular weight excluding hydrogens is 486 g/mol. The van der Waals surface area contributed by atoms with Crippen LogP contribution in [0.15, 0.2) is 0 Å². The first-order chi connectivity index (χ1) is 17.6. The van der Waals surface area contributed by atoms with E-state index < -0.39 is 14.7 Å². The van der Waals surface area contributed by atoms with Crippen molar-refractivity contribution in [3.8, 4) is 0 Å². The molecule has 2 atom stereocenters. The van der Waals surface area contributed by atoms with E-state index in [0.29, 0.717) is 0 Å². The maximum atomic E-state index is 15.0. The van der Waals surface area contributed by atoms with Crippen LogP contribution in [0.2, 0.25) is 0 Å². The topological polar surface area (TPSA) is 52.6 Å². The van der Waals surface area contributed by atoms with Crippen LogP contribution in [0.25, 0.3) is 0 Å². The van der Waals surface area contributed by atoms with Crippen LogP contribution in [0.3, 0.4) is 0 Å². The van der Waals surface area contributed by atoms with Crippen molar-refractivity contribution in [2.45, 2.75) is 189 Å². The van der Waals surface area contributed by atoms with Gasteiger partial charge in [-0.25, -0.2) is 0 Å². The van der Waals surface area contributed by atoms with E-state index in [1.165, 1.54) is 77.0 Å². The van der Waals surface area contributed by atoms with E-state index in [0.717, 1.165) is 77.0 Å². The molecule has 0 amide bonds. The van der Waals surface area contributed by atoms with E-state index in [4.69, 9.17) is 9.05 Å². The average molecular weight is 541 g/mol. The molecule has 0 aromatic heterocycles. The molecule has 0 saturated heterocycles. The minimum absolute atomic E-state index is 0.117. The van der Waals surface area contributed by atoms with Crippen LogP contribution in [-0.2, 0) is 18.2 Å². The molecule has 208 valence electrons. The Bertz CT molecular complexity index is 653. The summed E-state index contributed by atoms with van der Waals surface area (Å²) in [6.07, 6.45) is 27.2. The SMILES string of the molecule is O=P(O[C@H]1CCCC[C@@H]1OP(=O)(C1CCCCC1)C1CCCCC1)(C1CCCCC1)C1CCCCC1. The number of rotatable bonds is 8. The van der Waals surface area contributed by atoms with E-state index >= 15 is 0 Å². The summed E-state index contributed by atoms with van der Waals surface area (Å²) in [5.41, 5.74) is 1.00. The van der Waals surface area contributed by atoms with Gasteiger partial charge >= 0.3 is 0 Å². The molecule has 0 radical (unpaired) electrons. The van der Waals surface area contributed by atoms with Crippen molar-refractivity contribution in [1.29, 1.82) is 0 Å². The predicted molar refractivity (Wildman–Crippen MR) is 151 cm³/mol.